The Bertz CT molecular complexity index is 638. The van der Waals surface area contributed by atoms with Crippen LogP contribution >= 0.6 is 0 Å². The molecule has 140 valence electrons. The molecule has 0 aliphatic carbocycles. The first-order valence-electron chi connectivity index (χ1n) is 8.88. The molecule has 1 aromatic rings. The number of nitrogens with zero attached hydrogens (tertiary/aromatic N) is 1. The summed E-state index contributed by atoms with van der Waals surface area (Å²) >= 11 is 0. The maximum Gasteiger partial charge on any atom is 0.243 e. The molecule has 2 aliphatic heterocycles. The fraction of sp³-hybridized carbons (Fsp3) is 0.647. The van der Waals surface area contributed by atoms with Gasteiger partial charge in [0, 0.05) is 25.9 Å². The van der Waals surface area contributed by atoms with E-state index in [1.165, 1.54) is 22.0 Å². The van der Waals surface area contributed by atoms with Crippen LogP contribution in [0.25, 0.3) is 0 Å². The van der Waals surface area contributed by atoms with E-state index in [9.17, 15) is 13.5 Å². The van der Waals surface area contributed by atoms with Crippen LogP contribution in [-0.4, -0.2) is 76.5 Å². The van der Waals surface area contributed by atoms with Crippen LogP contribution in [0.1, 0.15) is 12.8 Å². The highest BCUT2D eigenvalue weighted by atomic mass is 32.2. The summed E-state index contributed by atoms with van der Waals surface area (Å²) in [4.78, 5) is 1.67. The third-order valence-corrected chi connectivity index (χ3v) is 6.62. The van der Waals surface area contributed by atoms with Gasteiger partial charge in [0.2, 0.25) is 10.0 Å². The molecule has 1 atom stereocenters. The third kappa shape index (κ3) is 4.92. The number of morpholine rings is 1. The van der Waals surface area contributed by atoms with E-state index in [0.717, 1.165) is 13.1 Å². The van der Waals surface area contributed by atoms with Gasteiger partial charge in [-0.15, -0.1) is 0 Å². The van der Waals surface area contributed by atoms with E-state index >= 15 is 0 Å². The van der Waals surface area contributed by atoms with E-state index in [1.807, 2.05) is 0 Å². The van der Waals surface area contributed by atoms with Gasteiger partial charge >= 0.3 is 0 Å². The van der Waals surface area contributed by atoms with Crippen molar-refractivity contribution in [2.45, 2.75) is 23.8 Å². The Hall–Kier alpha value is -1.19. The number of hydrogen-bond donors (Lipinski definition) is 2. The molecule has 2 fully saturated rings. The monoisotopic (exact) mass is 371 g/mol. The number of likely N-dealkylation sites (tertiary alicyclic amines) is 1. The molecule has 8 heteroatoms. The molecule has 0 radical (unpaired) electrons. The molecule has 0 spiro atoms. The molecule has 2 N–H and O–H groups in total. The van der Waals surface area contributed by atoms with Crippen LogP contribution in [0.2, 0.25) is 0 Å². The van der Waals surface area contributed by atoms with Gasteiger partial charge in [-0.3, -0.25) is 0 Å². The molecule has 3 rings (SSSR count). The molecule has 1 aromatic carbocycles. The summed E-state index contributed by atoms with van der Waals surface area (Å²) < 4.78 is 37.3. The molecular formula is C17H27N2O5S+. The molecule has 0 saturated carbocycles. The normalized spacial score (nSPS) is 21.3. The maximum absolute atomic E-state index is 12.5. The summed E-state index contributed by atoms with van der Waals surface area (Å²) in [5.74, 6) is 0.566. The Kier molecular flexibility index (Phi) is 6.29. The molecule has 0 bridgehead atoms. The number of ether oxygens (including phenoxy) is 2. The van der Waals surface area contributed by atoms with Crippen molar-refractivity contribution in [3.63, 3.8) is 0 Å². The summed E-state index contributed by atoms with van der Waals surface area (Å²) in [6.07, 6.45) is 1.94. The Morgan fingerprint density at radius 1 is 1.16 bits per heavy atom. The lowest BCUT2D eigenvalue weighted by atomic mass is 10.3. The highest BCUT2D eigenvalue weighted by Gasteiger charge is 2.26. The number of aliphatic hydroxyl groups excluding tert-OH is 1. The molecule has 0 amide bonds. The van der Waals surface area contributed by atoms with Crippen molar-refractivity contribution in [2.24, 2.45) is 0 Å². The quantitative estimate of drug-likeness (QED) is 0.651. The molecule has 25 heavy (non-hydrogen) atoms. The standard InChI is InChI=1S/C17H26N2O5S/c20-15(13-18-7-1-2-8-18)14-24-16-3-5-17(6-4-16)25(21,22)19-9-11-23-12-10-19/h3-6,15,20H,1-2,7-14H2/p+1/t15-/m0/s1. The molecule has 7 nitrogen and oxygen atoms in total. The van der Waals surface area contributed by atoms with Crippen molar-refractivity contribution in [3.8, 4) is 5.75 Å². The Balaban J connectivity index is 1.52. The maximum atomic E-state index is 12.5. The number of benzene rings is 1. The fourth-order valence-corrected chi connectivity index (χ4v) is 4.72. The zero-order chi connectivity index (χ0) is 17.7. The van der Waals surface area contributed by atoms with Crippen molar-refractivity contribution >= 4 is 10.0 Å². The molecular weight excluding hydrogens is 344 g/mol. The second-order valence-electron chi connectivity index (χ2n) is 6.61. The number of aliphatic hydroxyl groups is 1. The minimum atomic E-state index is -3.48. The summed E-state index contributed by atoms with van der Waals surface area (Å²) in [5, 5.41) is 10.1. The zero-order valence-corrected chi connectivity index (χ0v) is 15.2. The smallest absolute Gasteiger partial charge is 0.243 e. The predicted molar refractivity (Wildman–Crippen MR) is 92.3 cm³/mol. The van der Waals surface area contributed by atoms with Gasteiger partial charge in [-0.2, -0.15) is 4.31 Å². The fourth-order valence-electron chi connectivity index (χ4n) is 3.31. The van der Waals surface area contributed by atoms with E-state index in [-0.39, 0.29) is 11.5 Å². The van der Waals surface area contributed by atoms with Gasteiger partial charge in [-0.05, 0) is 24.3 Å². The number of nitrogens with one attached hydrogen (secondary N) is 1. The van der Waals surface area contributed by atoms with Gasteiger partial charge in [-0.25, -0.2) is 8.42 Å². The van der Waals surface area contributed by atoms with Crippen LogP contribution in [0.5, 0.6) is 5.75 Å². The second kappa shape index (κ2) is 8.46. The number of hydrogen-bond acceptors (Lipinski definition) is 5. The number of rotatable bonds is 7. The minimum absolute atomic E-state index is 0.221. The number of sulfonamides is 1. The van der Waals surface area contributed by atoms with Crippen LogP contribution in [0.15, 0.2) is 29.2 Å². The van der Waals surface area contributed by atoms with E-state index in [4.69, 9.17) is 9.47 Å². The molecule has 2 heterocycles. The van der Waals surface area contributed by atoms with Crippen LogP contribution in [0.4, 0.5) is 0 Å². The Labute approximate surface area is 149 Å². The largest absolute Gasteiger partial charge is 0.491 e. The first-order valence-corrected chi connectivity index (χ1v) is 10.3. The van der Waals surface area contributed by atoms with Crippen molar-refractivity contribution in [3.05, 3.63) is 24.3 Å². The third-order valence-electron chi connectivity index (χ3n) is 4.71. The average molecular weight is 371 g/mol. The van der Waals surface area contributed by atoms with Crippen LogP contribution in [-0.2, 0) is 14.8 Å². The lowest BCUT2D eigenvalue weighted by Gasteiger charge is -2.26. The van der Waals surface area contributed by atoms with Gasteiger partial charge < -0.3 is 19.5 Å². The average Bonchev–Trinajstić information content (AvgIpc) is 3.14. The lowest BCUT2D eigenvalue weighted by molar-refractivity contribution is -0.890. The second-order valence-corrected chi connectivity index (χ2v) is 8.55. The van der Waals surface area contributed by atoms with E-state index < -0.39 is 16.1 Å². The summed E-state index contributed by atoms with van der Waals surface area (Å²) in [6.45, 7) is 4.77. The lowest BCUT2D eigenvalue weighted by Crippen LogP contribution is -3.11. The van der Waals surface area contributed by atoms with Crippen LogP contribution in [0.3, 0.4) is 0 Å². The minimum Gasteiger partial charge on any atom is -0.491 e. The van der Waals surface area contributed by atoms with Crippen LogP contribution in [0, 0.1) is 0 Å². The van der Waals surface area contributed by atoms with Crippen molar-refractivity contribution in [1.29, 1.82) is 0 Å². The molecule has 0 unspecified atom stereocenters. The first kappa shape index (κ1) is 18.6. The molecule has 2 saturated heterocycles. The van der Waals surface area contributed by atoms with Gasteiger partial charge in [-0.1, -0.05) is 0 Å². The predicted octanol–water partition coefficient (Wildman–Crippen LogP) is -0.874. The molecule has 2 aliphatic rings. The summed E-state index contributed by atoms with van der Waals surface area (Å²) in [7, 11) is -3.48. The van der Waals surface area contributed by atoms with Crippen molar-refractivity contribution in [2.75, 3.05) is 52.5 Å². The SMILES string of the molecule is O=S(=O)(c1ccc(OC[C@@H](O)C[NH+]2CCCC2)cc1)N1CCOCC1. The van der Waals surface area contributed by atoms with E-state index in [1.54, 1.807) is 24.3 Å². The van der Waals surface area contributed by atoms with Gasteiger partial charge in [0.25, 0.3) is 0 Å². The van der Waals surface area contributed by atoms with E-state index in [2.05, 4.69) is 0 Å². The van der Waals surface area contributed by atoms with Crippen molar-refractivity contribution < 1.29 is 27.9 Å². The van der Waals surface area contributed by atoms with Gasteiger partial charge in [0.05, 0.1) is 31.2 Å². The summed E-state index contributed by atoms with van der Waals surface area (Å²) in [6, 6.07) is 6.39. The zero-order valence-electron chi connectivity index (χ0n) is 14.4. The van der Waals surface area contributed by atoms with Gasteiger partial charge in [0.1, 0.15) is 25.0 Å². The van der Waals surface area contributed by atoms with E-state index in [0.29, 0.717) is 38.6 Å². The molecule has 0 aromatic heterocycles. The topological polar surface area (TPSA) is 80.5 Å². The van der Waals surface area contributed by atoms with Crippen molar-refractivity contribution in [1.82, 2.24) is 4.31 Å². The Morgan fingerprint density at radius 3 is 2.44 bits per heavy atom. The first-order chi connectivity index (χ1) is 12.1. The highest BCUT2D eigenvalue weighted by Crippen LogP contribution is 2.20. The Morgan fingerprint density at radius 2 is 1.80 bits per heavy atom. The van der Waals surface area contributed by atoms with Crippen LogP contribution < -0.4 is 9.64 Å². The highest BCUT2D eigenvalue weighted by molar-refractivity contribution is 7.89. The van der Waals surface area contributed by atoms with Gasteiger partial charge in [0.15, 0.2) is 0 Å². The summed E-state index contributed by atoms with van der Waals surface area (Å²) in [5.41, 5.74) is 0. The number of quaternary nitrogens is 1.